The maximum atomic E-state index is 5.78. The van der Waals surface area contributed by atoms with E-state index in [1.165, 1.54) is 0 Å². The molecule has 0 spiro atoms. The Balaban J connectivity index is 0.000000617. The van der Waals surface area contributed by atoms with Gasteiger partial charge in [-0.1, -0.05) is 51.6 Å². The molecule has 0 fully saturated rings. The summed E-state index contributed by atoms with van der Waals surface area (Å²) in [6.45, 7) is 5.83. The monoisotopic (exact) mass is 202 g/mol. The van der Waals surface area contributed by atoms with E-state index in [1.54, 1.807) is 0 Å². The second-order valence-electron chi connectivity index (χ2n) is 3.16. The summed E-state index contributed by atoms with van der Waals surface area (Å²) in [5.41, 5.74) is 0.425. The fourth-order valence-electron chi connectivity index (χ4n) is 1.24. The minimum absolute atomic E-state index is 0. The van der Waals surface area contributed by atoms with Crippen molar-refractivity contribution in [1.29, 1.82) is 0 Å². The molecule has 1 unspecified atom stereocenters. The van der Waals surface area contributed by atoms with E-state index in [9.17, 15) is 0 Å². The van der Waals surface area contributed by atoms with E-state index in [-0.39, 0.29) is 7.43 Å². The molecule has 0 N–H and O–H groups in total. The lowest BCUT2D eigenvalue weighted by Gasteiger charge is -2.28. The van der Waals surface area contributed by atoms with Crippen molar-refractivity contribution in [3.05, 3.63) is 35.9 Å². The lowest BCUT2D eigenvalue weighted by Crippen LogP contribution is -2.31. The first-order valence-corrected chi connectivity index (χ1v) is 4.93. The third-order valence-electron chi connectivity index (χ3n) is 1.84. The number of fused-ring (bicyclic) bond motifs is 1. The molecule has 0 aliphatic carbocycles. The van der Waals surface area contributed by atoms with Crippen LogP contribution in [0.3, 0.4) is 0 Å². The quantitative estimate of drug-likeness (QED) is 0.583. The molecule has 2 heteroatoms. The van der Waals surface area contributed by atoms with E-state index in [0.717, 1.165) is 11.3 Å². The Hall–Kier alpha value is -1.18. The van der Waals surface area contributed by atoms with Crippen LogP contribution in [0.25, 0.3) is 6.08 Å². The summed E-state index contributed by atoms with van der Waals surface area (Å²) in [6.07, 6.45) is 3.84. The van der Waals surface area contributed by atoms with Crippen LogP contribution in [0.1, 0.15) is 33.8 Å². The average Bonchev–Trinajstić information content (AvgIpc) is 2.19. The third-order valence-corrected chi connectivity index (χ3v) is 1.84. The van der Waals surface area contributed by atoms with Crippen LogP contribution < -0.4 is 4.74 Å². The molecule has 2 rings (SSSR count). The minimum atomic E-state index is -0.658. The molecule has 0 saturated carbocycles. The van der Waals surface area contributed by atoms with Crippen molar-refractivity contribution < 1.29 is 4.74 Å². The van der Waals surface area contributed by atoms with Gasteiger partial charge < -0.3 is 4.74 Å². The summed E-state index contributed by atoms with van der Waals surface area (Å²) in [5.74, 6) is 0.852. The van der Waals surface area contributed by atoms with Crippen LogP contribution in [-0.2, 0) is 0 Å². The smallest absolute Gasteiger partial charge is 0.137 e. The Morgan fingerprint density at radius 2 is 1.80 bits per heavy atom. The third kappa shape index (κ3) is 3.47. The summed E-state index contributed by atoms with van der Waals surface area (Å²) in [6, 6.07) is 7.84. The van der Waals surface area contributed by atoms with Gasteiger partial charge in [0.15, 0.2) is 0 Å². The number of hydrogen-bond donors (Lipinski definition) is 0. The molecule has 15 heavy (non-hydrogen) atoms. The first-order chi connectivity index (χ1) is 6.67. The molecule has 1 nitrogen and oxygen atoms in total. The Morgan fingerprint density at radius 1 is 1.20 bits per heavy atom. The molecule has 0 saturated heterocycles. The van der Waals surface area contributed by atoms with Crippen molar-refractivity contribution in [3.8, 4) is 5.75 Å². The summed E-state index contributed by atoms with van der Waals surface area (Å²) < 4.78 is 5.51. The lowest BCUT2D eigenvalue weighted by molar-refractivity contribution is 0.224. The molecule has 0 amide bonds. The van der Waals surface area contributed by atoms with E-state index < -0.39 is 5.50 Å². The highest BCUT2D eigenvalue weighted by atomic mass is 16.5. The SMILES string of the molecule is C.CC.[B]C1(C)C=Cc2ccccc2O1. The molecule has 1 aromatic carbocycles. The summed E-state index contributed by atoms with van der Waals surface area (Å²) >= 11 is 0. The zero-order valence-corrected chi connectivity index (χ0v) is 8.95. The number of rotatable bonds is 0. The van der Waals surface area contributed by atoms with Gasteiger partial charge in [0.05, 0.1) is 5.50 Å². The molecular weight excluding hydrogens is 183 g/mol. The van der Waals surface area contributed by atoms with Crippen molar-refractivity contribution in [2.75, 3.05) is 0 Å². The molecular formula is C13H19BO. The van der Waals surface area contributed by atoms with E-state index in [2.05, 4.69) is 0 Å². The molecule has 1 atom stereocenters. The predicted octanol–water partition coefficient (Wildman–Crippen LogP) is 3.64. The van der Waals surface area contributed by atoms with Gasteiger partial charge in [-0.15, -0.1) is 0 Å². The molecule has 0 bridgehead atoms. The van der Waals surface area contributed by atoms with Gasteiger partial charge in [0, 0.05) is 5.56 Å². The van der Waals surface area contributed by atoms with Gasteiger partial charge in [-0.2, -0.15) is 0 Å². The molecule has 1 aliphatic rings. The van der Waals surface area contributed by atoms with Crippen LogP contribution >= 0.6 is 0 Å². The first kappa shape index (κ1) is 13.8. The van der Waals surface area contributed by atoms with Crippen LogP contribution in [0.5, 0.6) is 5.75 Å². The Labute approximate surface area is 94.6 Å². The maximum absolute atomic E-state index is 5.78. The fraction of sp³-hybridized carbons (Fsp3) is 0.385. The summed E-state index contributed by atoms with van der Waals surface area (Å²) in [7, 11) is 5.78. The van der Waals surface area contributed by atoms with E-state index in [4.69, 9.17) is 12.6 Å². The van der Waals surface area contributed by atoms with Crippen molar-refractivity contribution >= 4 is 13.9 Å². The van der Waals surface area contributed by atoms with Gasteiger partial charge in [0.25, 0.3) is 0 Å². The van der Waals surface area contributed by atoms with Crippen molar-refractivity contribution in [1.82, 2.24) is 0 Å². The maximum Gasteiger partial charge on any atom is 0.137 e. The highest BCUT2D eigenvalue weighted by molar-refractivity contribution is 6.16. The standard InChI is InChI=1S/C10H9BO.C2H6.CH4/c1-10(11)7-6-8-4-2-3-5-9(8)12-10;1-2;/h2-7H,1H3;1-2H3;1H4. The summed E-state index contributed by atoms with van der Waals surface area (Å²) in [4.78, 5) is 0. The van der Waals surface area contributed by atoms with Gasteiger partial charge in [-0.25, -0.2) is 0 Å². The van der Waals surface area contributed by atoms with E-state index in [1.807, 2.05) is 57.2 Å². The van der Waals surface area contributed by atoms with Crippen LogP contribution in [0.15, 0.2) is 30.3 Å². The van der Waals surface area contributed by atoms with Crippen LogP contribution in [-0.4, -0.2) is 13.3 Å². The second kappa shape index (κ2) is 5.64. The lowest BCUT2D eigenvalue weighted by atomic mass is 9.81. The van der Waals surface area contributed by atoms with Crippen molar-refractivity contribution in [3.63, 3.8) is 0 Å². The van der Waals surface area contributed by atoms with Gasteiger partial charge >= 0.3 is 0 Å². The number of hydrogen-bond acceptors (Lipinski definition) is 1. The average molecular weight is 202 g/mol. The topological polar surface area (TPSA) is 9.23 Å². The number of ether oxygens (including phenoxy) is 1. The highest BCUT2D eigenvalue weighted by Crippen LogP contribution is 2.28. The van der Waals surface area contributed by atoms with Crippen molar-refractivity contribution in [2.24, 2.45) is 0 Å². The van der Waals surface area contributed by atoms with E-state index >= 15 is 0 Å². The van der Waals surface area contributed by atoms with Crippen LogP contribution in [0, 0.1) is 0 Å². The zero-order chi connectivity index (χ0) is 10.6. The molecule has 1 aromatic rings. The van der Waals surface area contributed by atoms with Crippen LogP contribution in [0.4, 0.5) is 0 Å². The largest absolute Gasteiger partial charge is 0.493 e. The van der Waals surface area contributed by atoms with Gasteiger partial charge in [0.1, 0.15) is 13.6 Å². The van der Waals surface area contributed by atoms with Gasteiger partial charge in [-0.05, 0) is 13.0 Å². The molecule has 2 radical (unpaired) electrons. The second-order valence-corrected chi connectivity index (χ2v) is 3.16. The highest BCUT2D eigenvalue weighted by Gasteiger charge is 2.19. The minimum Gasteiger partial charge on any atom is -0.493 e. The molecule has 0 aromatic heterocycles. The number of para-hydroxylation sites is 1. The Kier molecular flexibility index (Phi) is 5.20. The van der Waals surface area contributed by atoms with Crippen LogP contribution in [0.2, 0.25) is 0 Å². The van der Waals surface area contributed by atoms with Gasteiger partial charge in [-0.3, -0.25) is 0 Å². The zero-order valence-electron chi connectivity index (χ0n) is 8.95. The first-order valence-electron chi connectivity index (χ1n) is 4.93. The van der Waals surface area contributed by atoms with E-state index in [0.29, 0.717) is 0 Å². The summed E-state index contributed by atoms with van der Waals surface area (Å²) in [5, 5.41) is 0. The predicted molar refractivity (Wildman–Crippen MR) is 68.3 cm³/mol. The molecule has 80 valence electrons. The van der Waals surface area contributed by atoms with Gasteiger partial charge in [0.2, 0.25) is 0 Å². The Bertz CT molecular complexity index is 329. The Morgan fingerprint density at radius 3 is 2.47 bits per heavy atom. The number of benzene rings is 1. The normalized spacial score (nSPS) is 21.3. The molecule has 1 heterocycles. The molecule has 1 aliphatic heterocycles. The fourth-order valence-corrected chi connectivity index (χ4v) is 1.24. The van der Waals surface area contributed by atoms with Crippen molar-refractivity contribution in [2.45, 2.75) is 33.7 Å².